The van der Waals surface area contributed by atoms with E-state index in [-0.39, 0.29) is 5.91 Å². The van der Waals surface area contributed by atoms with Gasteiger partial charge in [0.1, 0.15) is 5.82 Å². The molecule has 0 unspecified atom stereocenters. The van der Waals surface area contributed by atoms with Gasteiger partial charge in [0, 0.05) is 62.6 Å². The van der Waals surface area contributed by atoms with Gasteiger partial charge in [-0.15, -0.1) is 0 Å². The summed E-state index contributed by atoms with van der Waals surface area (Å²) in [5.74, 6) is 1.18. The standard InChI is InChI=1S/C18H23ClN4O/c1-21-11-7-20-17(21)6-10-22-8-3-9-23(13-12-22)18(24)15-4-2-5-16(19)14-15/h2,4-5,7,11,14H,3,6,8-10,12-13H2,1H3. The third kappa shape index (κ3) is 4.16. The summed E-state index contributed by atoms with van der Waals surface area (Å²) < 4.78 is 2.06. The van der Waals surface area contributed by atoms with Crippen molar-refractivity contribution in [2.45, 2.75) is 12.8 Å². The van der Waals surface area contributed by atoms with Gasteiger partial charge in [0.15, 0.2) is 0 Å². The van der Waals surface area contributed by atoms with E-state index in [0.29, 0.717) is 10.6 Å². The minimum Gasteiger partial charge on any atom is -0.338 e. The Kier molecular flexibility index (Phi) is 5.53. The number of rotatable bonds is 4. The molecular formula is C18H23ClN4O. The first kappa shape index (κ1) is 17.0. The maximum atomic E-state index is 12.6. The van der Waals surface area contributed by atoms with Gasteiger partial charge >= 0.3 is 0 Å². The molecule has 0 radical (unpaired) electrons. The lowest BCUT2D eigenvalue weighted by Crippen LogP contribution is -2.35. The number of amides is 1. The maximum absolute atomic E-state index is 12.6. The summed E-state index contributed by atoms with van der Waals surface area (Å²) in [7, 11) is 2.02. The van der Waals surface area contributed by atoms with Gasteiger partial charge in [-0.25, -0.2) is 4.98 Å². The van der Waals surface area contributed by atoms with Gasteiger partial charge in [-0.2, -0.15) is 0 Å². The van der Waals surface area contributed by atoms with E-state index in [4.69, 9.17) is 11.6 Å². The van der Waals surface area contributed by atoms with Crippen molar-refractivity contribution in [3.63, 3.8) is 0 Å². The van der Waals surface area contributed by atoms with Crippen LogP contribution in [0.5, 0.6) is 0 Å². The number of benzene rings is 1. The van der Waals surface area contributed by atoms with Crippen LogP contribution in [0.3, 0.4) is 0 Å². The molecule has 24 heavy (non-hydrogen) atoms. The predicted octanol–water partition coefficient (Wildman–Crippen LogP) is 2.46. The molecule has 0 N–H and O–H groups in total. The van der Waals surface area contributed by atoms with Crippen molar-refractivity contribution >= 4 is 17.5 Å². The molecule has 2 aromatic rings. The van der Waals surface area contributed by atoms with Gasteiger partial charge < -0.3 is 14.4 Å². The molecule has 0 bridgehead atoms. The minimum absolute atomic E-state index is 0.0726. The Labute approximate surface area is 147 Å². The number of carbonyl (C=O) groups excluding carboxylic acids is 1. The molecule has 0 saturated carbocycles. The number of imidazole rings is 1. The number of hydrogen-bond acceptors (Lipinski definition) is 3. The van der Waals surface area contributed by atoms with Crippen LogP contribution in [0.15, 0.2) is 36.7 Å². The Morgan fingerprint density at radius 1 is 1.25 bits per heavy atom. The maximum Gasteiger partial charge on any atom is 0.253 e. The van der Waals surface area contributed by atoms with E-state index >= 15 is 0 Å². The number of aryl methyl sites for hydroxylation is 1. The lowest BCUT2D eigenvalue weighted by atomic mass is 10.2. The van der Waals surface area contributed by atoms with Crippen LogP contribution in [0.25, 0.3) is 0 Å². The minimum atomic E-state index is 0.0726. The highest BCUT2D eigenvalue weighted by Crippen LogP contribution is 2.14. The van der Waals surface area contributed by atoms with Crippen molar-refractivity contribution < 1.29 is 4.79 Å². The van der Waals surface area contributed by atoms with E-state index in [1.807, 2.05) is 36.5 Å². The number of carbonyl (C=O) groups is 1. The fraction of sp³-hybridized carbons (Fsp3) is 0.444. The first-order valence-electron chi connectivity index (χ1n) is 8.37. The van der Waals surface area contributed by atoms with Gasteiger partial charge in [0.25, 0.3) is 5.91 Å². The van der Waals surface area contributed by atoms with Gasteiger partial charge in [-0.1, -0.05) is 17.7 Å². The topological polar surface area (TPSA) is 41.4 Å². The Morgan fingerprint density at radius 2 is 2.12 bits per heavy atom. The van der Waals surface area contributed by atoms with Crippen LogP contribution in [-0.4, -0.2) is 58.0 Å². The fourth-order valence-corrected chi connectivity index (χ4v) is 3.29. The molecule has 0 atom stereocenters. The largest absolute Gasteiger partial charge is 0.338 e. The van der Waals surface area contributed by atoms with Crippen molar-refractivity contribution in [2.24, 2.45) is 7.05 Å². The van der Waals surface area contributed by atoms with E-state index in [9.17, 15) is 4.79 Å². The molecule has 1 aliphatic heterocycles. The molecule has 3 rings (SSSR count). The molecule has 1 aliphatic rings. The zero-order valence-corrected chi connectivity index (χ0v) is 14.7. The molecule has 6 heteroatoms. The van der Waals surface area contributed by atoms with Crippen LogP contribution in [0, 0.1) is 0 Å². The summed E-state index contributed by atoms with van der Waals surface area (Å²) in [6, 6.07) is 7.19. The molecule has 1 saturated heterocycles. The number of hydrogen-bond donors (Lipinski definition) is 0. The first-order valence-corrected chi connectivity index (χ1v) is 8.74. The van der Waals surface area contributed by atoms with Gasteiger partial charge in [-0.3, -0.25) is 4.79 Å². The second-order valence-electron chi connectivity index (χ2n) is 6.20. The normalized spacial score (nSPS) is 16.2. The van der Waals surface area contributed by atoms with E-state index in [1.54, 1.807) is 12.1 Å². The van der Waals surface area contributed by atoms with Crippen LogP contribution >= 0.6 is 11.6 Å². The zero-order chi connectivity index (χ0) is 16.9. The van der Waals surface area contributed by atoms with Crippen molar-refractivity contribution in [1.29, 1.82) is 0 Å². The number of halogens is 1. The Morgan fingerprint density at radius 3 is 2.88 bits per heavy atom. The van der Waals surface area contributed by atoms with Crippen molar-refractivity contribution in [3.05, 3.63) is 53.1 Å². The number of aromatic nitrogens is 2. The average Bonchev–Trinajstić information content (AvgIpc) is 2.84. The molecule has 1 fully saturated rings. The average molecular weight is 347 g/mol. The van der Waals surface area contributed by atoms with Crippen LogP contribution in [-0.2, 0) is 13.5 Å². The molecule has 2 heterocycles. The third-order valence-electron chi connectivity index (χ3n) is 4.52. The van der Waals surface area contributed by atoms with Crippen molar-refractivity contribution in [2.75, 3.05) is 32.7 Å². The van der Waals surface area contributed by atoms with E-state index in [2.05, 4.69) is 14.5 Å². The van der Waals surface area contributed by atoms with Crippen molar-refractivity contribution in [3.8, 4) is 0 Å². The second kappa shape index (κ2) is 7.81. The molecule has 0 aliphatic carbocycles. The van der Waals surface area contributed by atoms with Crippen molar-refractivity contribution in [1.82, 2.24) is 19.4 Å². The first-order chi connectivity index (χ1) is 11.6. The smallest absolute Gasteiger partial charge is 0.253 e. The van der Waals surface area contributed by atoms with Gasteiger partial charge in [0.05, 0.1) is 0 Å². The third-order valence-corrected chi connectivity index (χ3v) is 4.76. The summed E-state index contributed by atoms with van der Waals surface area (Å²) in [6.07, 6.45) is 5.74. The highest BCUT2D eigenvalue weighted by Gasteiger charge is 2.20. The lowest BCUT2D eigenvalue weighted by Gasteiger charge is -2.22. The highest BCUT2D eigenvalue weighted by molar-refractivity contribution is 6.30. The summed E-state index contributed by atoms with van der Waals surface area (Å²) >= 11 is 6.00. The summed E-state index contributed by atoms with van der Waals surface area (Å²) in [4.78, 5) is 21.4. The van der Waals surface area contributed by atoms with E-state index in [1.165, 1.54) is 0 Å². The molecule has 128 valence electrons. The quantitative estimate of drug-likeness (QED) is 0.854. The molecular weight excluding hydrogens is 324 g/mol. The molecule has 5 nitrogen and oxygen atoms in total. The molecule has 1 aromatic carbocycles. The fourth-order valence-electron chi connectivity index (χ4n) is 3.10. The van der Waals surface area contributed by atoms with Crippen LogP contribution in [0.2, 0.25) is 5.02 Å². The van der Waals surface area contributed by atoms with E-state index in [0.717, 1.165) is 51.4 Å². The Bertz CT molecular complexity index is 700. The molecule has 1 aromatic heterocycles. The molecule has 0 spiro atoms. The summed E-state index contributed by atoms with van der Waals surface area (Å²) in [6.45, 7) is 4.45. The number of nitrogens with zero attached hydrogens (tertiary/aromatic N) is 4. The molecule has 1 amide bonds. The van der Waals surface area contributed by atoms with Gasteiger partial charge in [0.2, 0.25) is 0 Å². The lowest BCUT2D eigenvalue weighted by molar-refractivity contribution is 0.0761. The van der Waals surface area contributed by atoms with Gasteiger partial charge in [-0.05, 0) is 31.2 Å². The SMILES string of the molecule is Cn1ccnc1CCN1CCCN(C(=O)c2cccc(Cl)c2)CC1. The van der Waals surface area contributed by atoms with Crippen LogP contribution in [0.4, 0.5) is 0 Å². The van der Waals surface area contributed by atoms with E-state index < -0.39 is 0 Å². The summed E-state index contributed by atoms with van der Waals surface area (Å²) in [5, 5.41) is 0.604. The van der Waals surface area contributed by atoms with Crippen LogP contribution < -0.4 is 0 Å². The van der Waals surface area contributed by atoms with Crippen LogP contribution in [0.1, 0.15) is 22.6 Å². The zero-order valence-electron chi connectivity index (χ0n) is 14.0. The second-order valence-corrected chi connectivity index (χ2v) is 6.64. The predicted molar refractivity (Wildman–Crippen MR) is 95.3 cm³/mol. The monoisotopic (exact) mass is 346 g/mol. The Hall–Kier alpha value is -1.85. The summed E-state index contributed by atoms with van der Waals surface area (Å²) in [5.41, 5.74) is 0.670. The Balaban J connectivity index is 1.55. The highest BCUT2D eigenvalue weighted by atomic mass is 35.5.